The van der Waals surface area contributed by atoms with E-state index in [0.717, 1.165) is 5.56 Å². The standard InChI is InChI=1S/C10H13N5O/c1-10(11,5-16)8-2-3-9(13-4-8)15-7-12-6-14-15/h2-4,6-7,16H,5,11H2,1H3. The molecular formula is C10H13N5O. The summed E-state index contributed by atoms with van der Waals surface area (Å²) < 4.78 is 1.55. The van der Waals surface area contributed by atoms with Gasteiger partial charge in [-0.05, 0) is 18.6 Å². The zero-order valence-corrected chi connectivity index (χ0v) is 8.91. The van der Waals surface area contributed by atoms with Crippen molar-refractivity contribution in [3.05, 3.63) is 36.5 Å². The Kier molecular flexibility index (Phi) is 2.67. The summed E-state index contributed by atoms with van der Waals surface area (Å²) in [6.45, 7) is 1.62. The minimum absolute atomic E-state index is 0.128. The number of rotatable bonds is 3. The molecular weight excluding hydrogens is 206 g/mol. The van der Waals surface area contributed by atoms with E-state index in [9.17, 15) is 0 Å². The van der Waals surface area contributed by atoms with E-state index < -0.39 is 5.54 Å². The predicted octanol–water partition coefficient (Wildman–Crippen LogP) is -0.172. The molecule has 2 aromatic rings. The Balaban J connectivity index is 2.30. The average Bonchev–Trinajstić information content (AvgIpc) is 2.83. The maximum Gasteiger partial charge on any atom is 0.155 e. The van der Waals surface area contributed by atoms with Crippen molar-refractivity contribution < 1.29 is 5.11 Å². The van der Waals surface area contributed by atoms with Crippen LogP contribution < -0.4 is 5.73 Å². The van der Waals surface area contributed by atoms with Gasteiger partial charge in [-0.25, -0.2) is 14.6 Å². The van der Waals surface area contributed by atoms with Gasteiger partial charge in [0.2, 0.25) is 0 Å². The van der Waals surface area contributed by atoms with E-state index in [1.54, 1.807) is 30.2 Å². The van der Waals surface area contributed by atoms with E-state index >= 15 is 0 Å². The molecule has 16 heavy (non-hydrogen) atoms. The van der Waals surface area contributed by atoms with Crippen molar-refractivity contribution in [1.29, 1.82) is 0 Å². The van der Waals surface area contributed by atoms with Gasteiger partial charge in [0.15, 0.2) is 5.82 Å². The molecule has 0 aliphatic rings. The molecule has 0 spiro atoms. The molecule has 1 unspecified atom stereocenters. The number of aliphatic hydroxyl groups is 1. The molecule has 0 aliphatic carbocycles. The summed E-state index contributed by atoms with van der Waals surface area (Å²) >= 11 is 0. The SMILES string of the molecule is CC(N)(CO)c1ccc(-n2cncn2)nc1. The van der Waals surface area contributed by atoms with Crippen LogP contribution in [0, 0.1) is 0 Å². The van der Waals surface area contributed by atoms with Crippen LogP contribution >= 0.6 is 0 Å². The number of hydrogen-bond acceptors (Lipinski definition) is 5. The molecule has 0 radical (unpaired) electrons. The maximum atomic E-state index is 9.12. The van der Waals surface area contributed by atoms with Gasteiger partial charge in [-0.2, -0.15) is 5.10 Å². The van der Waals surface area contributed by atoms with Crippen LogP contribution in [-0.4, -0.2) is 31.5 Å². The Morgan fingerprint density at radius 1 is 1.50 bits per heavy atom. The zero-order valence-electron chi connectivity index (χ0n) is 8.91. The third-order valence-electron chi connectivity index (χ3n) is 2.39. The summed E-state index contributed by atoms with van der Waals surface area (Å²) in [5.74, 6) is 0.662. The first-order valence-electron chi connectivity index (χ1n) is 4.85. The first-order valence-corrected chi connectivity index (χ1v) is 4.85. The van der Waals surface area contributed by atoms with Crippen molar-refractivity contribution in [2.24, 2.45) is 5.73 Å². The molecule has 84 valence electrons. The van der Waals surface area contributed by atoms with Crippen LogP contribution in [0.3, 0.4) is 0 Å². The molecule has 0 bridgehead atoms. The van der Waals surface area contributed by atoms with Gasteiger partial charge in [0, 0.05) is 6.20 Å². The smallest absolute Gasteiger partial charge is 0.155 e. The molecule has 1 atom stereocenters. The highest BCUT2D eigenvalue weighted by atomic mass is 16.3. The van der Waals surface area contributed by atoms with Crippen molar-refractivity contribution >= 4 is 0 Å². The average molecular weight is 219 g/mol. The molecule has 2 rings (SSSR count). The van der Waals surface area contributed by atoms with E-state index in [-0.39, 0.29) is 6.61 Å². The van der Waals surface area contributed by atoms with Crippen molar-refractivity contribution in [3.63, 3.8) is 0 Å². The summed E-state index contributed by atoms with van der Waals surface area (Å²) in [7, 11) is 0. The third-order valence-corrected chi connectivity index (χ3v) is 2.39. The monoisotopic (exact) mass is 219 g/mol. The summed E-state index contributed by atoms with van der Waals surface area (Å²) in [5.41, 5.74) is 5.89. The largest absolute Gasteiger partial charge is 0.394 e. The van der Waals surface area contributed by atoms with Gasteiger partial charge in [0.25, 0.3) is 0 Å². The van der Waals surface area contributed by atoms with E-state index in [2.05, 4.69) is 15.1 Å². The molecule has 0 fully saturated rings. The fourth-order valence-corrected chi connectivity index (χ4v) is 1.28. The molecule has 0 saturated carbocycles. The topological polar surface area (TPSA) is 89.8 Å². The zero-order chi connectivity index (χ0) is 11.6. The third kappa shape index (κ3) is 1.93. The number of pyridine rings is 1. The fourth-order valence-electron chi connectivity index (χ4n) is 1.28. The molecule has 6 heteroatoms. The highest BCUT2D eigenvalue weighted by Crippen LogP contribution is 2.16. The molecule has 0 amide bonds. The van der Waals surface area contributed by atoms with Gasteiger partial charge >= 0.3 is 0 Å². The Morgan fingerprint density at radius 3 is 2.81 bits per heavy atom. The summed E-state index contributed by atoms with van der Waals surface area (Å²) in [5, 5.41) is 13.1. The molecule has 2 aromatic heterocycles. The van der Waals surface area contributed by atoms with Gasteiger partial charge in [-0.15, -0.1) is 0 Å². The molecule has 2 heterocycles. The molecule has 0 aromatic carbocycles. The van der Waals surface area contributed by atoms with Gasteiger partial charge in [0.05, 0.1) is 12.1 Å². The summed E-state index contributed by atoms with van der Waals surface area (Å²) in [6.07, 6.45) is 4.64. The molecule has 0 saturated heterocycles. The molecule has 3 N–H and O–H groups in total. The van der Waals surface area contributed by atoms with Crippen molar-refractivity contribution in [2.75, 3.05) is 6.61 Å². The van der Waals surface area contributed by atoms with Crippen LogP contribution in [-0.2, 0) is 5.54 Å². The fraction of sp³-hybridized carbons (Fsp3) is 0.300. The van der Waals surface area contributed by atoms with Crippen LogP contribution in [0.5, 0.6) is 0 Å². The van der Waals surface area contributed by atoms with Crippen LogP contribution in [0.15, 0.2) is 31.0 Å². The highest BCUT2D eigenvalue weighted by Gasteiger charge is 2.20. The van der Waals surface area contributed by atoms with E-state index in [0.29, 0.717) is 5.82 Å². The first kappa shape index (κ1) is 10.7. The second-order valence-electron chi connectivity index (χ2n) is 3.82. The van der Waals surface area contributed by atoms with Gasteiger partial charge in [-0.3, -0.25) is 0 Å². The Labute approximate surface area is 92.8 Å². The lowest BCUT2D eigenvalue weighted by Gasteiger charge is -2.21. The normalized spacial score (nSPS) is 14.7. The highest BCUT2D eigenvalue weighted by molar-refractivity contribution is 5.27. The minimum atomic E-state index is -0.770. The second kappa shape index (κ2) is 3.99. The number of nitrogens with two attached hydrogens (primary N) is 1. The number of aromatic nitrogens is 4. The second-order valence-corrected chi connectivity index (χ2v) is 3.82. The molecule has 6 nitrogen and oxygen atoms in total. The Morgan fingerprint density at radius 2 is 2.31 bits per heavy atom. The van der Waals surface area contributed by atoms with Crippen LogP contribution in [0.1, 0.15) is 12.5 Å². The van der Waals surface area contributed by atoms with E-state index in [1.807, 2.05) is 6.07 Å². The van der Waals surface area contributed by atoms with Crippen LogP contribution in [0.2, 0.25) is 0 Å². The lowest BCUT2D eigenvalue weighted by atomic mass is 9.96. The molecule has 0 aliphatic heterocycles. The quantitative estimate of drug-likeness (QED) is 0.748. The van der Waals surface area contributed by atoms with Crippen molar-refractivity contribution in [2.45, 2.75) is 12.5 Å². The number of nitrogens with zero attached hydrogens (tertiary/aromatic N) is 4. The Hall–Kier alpha value is -1.79. The predicted molar refractivity (Wildman–Crippen MR) is 57.8 cm³/mol. The summed E-state index contributed by atoms with van der Waals surface area (Å²) in [6, 6.07) is 3.60. The van der Waals surface area contributed by atoms with Gasteiger partial charge in [0.1, 0.15) is 12.7 Å². The summed E-state index contributed by atoms with van der Waals surface area (Å²) in [4.78, 5) is 8.04. The lowest BCUT2D eigenvalue weighted by molar-refractivity contribution is 0.210. The number of hydrogen-bond donors (Lipinski definition) is 2. The van der Waals surface area contributed by atoms with E-state index in [4.69, 9.17) is 10.8 Å². The van der Waals surface area contributed by atoms with Gasteiger partial charge in [-0.1, -0.05) is 6.07 Å². The Bertz CT molecular complexity index is 449. The maximum absolute atomic E-state index is 9.12. The number of aliphatic hydroxyl groups excluding tert-OH is 1. The lowest BCUT2D eigenvalue weighted by Crippen LogP contribution is -2.37. The van der Waals surface area contributed by atoms with Crippen molar-refractivity contribution in [1.82, 2.24) is 19.7 Å². The van der Waals surface area contributed by atoms with Crippen LogP contribution in [0.4, 0.5) is 0 Å². The first-order chi connectivity index (χ1) is 7.63. The van der Waals surface area contributed by atoms with E-state index in [1.165, 1.54) is 6.33 Å². The minimum Gasteiger partial charge on any atom is -0.394 e. The van der Waals surface area contributed by atoms with Crippen LogP contribution in [0.25, 0.3) is 5.82 Å². The van der Waals surface area contributed by atoms with Crippen molar-refractivity contribution in [3.8, 4) is 5.82 Å². The van der Waals surface area contributed by atoms with Gasteiger partial charge < -0.3 is 10.8 Å².